The summed E-state index contributed by atoms with van der Waals surface area (Å²) in [7, 11) is 0. The maximum absolute atomic E-state index is 5.66. The maximum Gasteiger partial charge on any atom is 0.0789 e. The maximum atomic E-state index is 5.66. The van der Waals surface area contributed by atoms with Crippen LogP contribution in [0.15, 0.2) is 47.1 Å². The van der Waals surface area contributed by atoms with Gasteiger partial charge in [-0.2, -0.15) is 0 Å². The van der Waals surface area contributed by atoms with Gasteiger partial charge in [0.2, 0.25) is 0 Å². The first kappa shape index (κ1) is 11.8. The van der Waals surface area contributed by atoms with Crippen LogP contribution in [0.4, 0.5) is 0 Å². The van der Waals surface area contributed by atoms with Crippen LogP contribution in [0.1, 0.15) is 4.88 Å². The van der Waals surface area contributed by atoms with Gasteiger partial charge in [0, 0.05) is 37.9 Å². The Morgan fingerprint density at radius 2 is 2.11 bits per heavy atom. The Kier molecular flexibility index (Phi) is 3.16. The highest BCUT2D eigenvalue weighted by atomic mass is 79.9. The summed E-state index contributed by atoms with van der Waals surface area (Å²) in [5, 5.41) is 1.14. The molecule has 3 aromatic rings. The Bertz CT molecular complexity index is 706. The summed E-state index contributed by atoms with van der Waals surface area (Å²) < 4.78 is 1.00. The van der Waals surface area contributed by atoms with Crippen molar-refractivity contribution in [3.63, 3.8) is 0 Å². The Labute approximate surface area is 118 Å². The summed E-state index contributed by atoms with van der Waals surface area (Å²) >= 11 is 5.18. The summed E-state index contributed by atoms with van der Waals surface area (Å²) in [5.41, 5.74) is 7.87. The molecule has 0 unspecified atom stereocenters. The van der Waals surface area contributed by atoms with Gasteiger partial charge < -0.3 is 5.73 Å². The van der Waals surface area contributed by atoms with Crippen molar-refractivity contribution in [2.75, 3.05) is 0 Å². The van der Waals surface area contributed by atoms with E-state index >= 15 is 0 Å². The highest BCUT2D eigenvalue weighted by molar-refractivity contribution is 9.10. The number of aromatic nitrogens is 1. The van der Waals surface area contributed by atoms with E-state index in [0.29, 0.717) is 6.54 Å². The van der Waals surface area contributed by atoms with Gasteiger partial charge in [-0.1, -0.05) is 18.2 Å². The highest BCUT2D eigenvalue weighted by Crippen LogP contribution is 2.33. The molecule has 1 aromatic carbocycles. The molecular weight excluding hydrogens is 308 g/mol. The van der Waals surface area contributed by atoms with Crippen LogP contribution in [0.3, 0.4) is 0 Å². The van der Waals surface area contributed by atoms with Crippen LogP contribution in [-0.4, -0.2) is 4.98 Å². The zero-order valence-corrected chi connectivity index (χ0v) is 12.0. The van der Waals surface area contributed by atoms with Gasteiger partial charge in [-0.15, -0.1) is 11.3 Å². The topological polar surface area (TPSA) is 38.9 Å². The Balaban J connectivity index is 2.22. The van der Waals surface area contributed by atoms with Crippen molar-refractivity contribution in [1.29, 1.82) is 0 Å². The van der Waals surface area contributed by atoms with E-state index in [1.54, 1.807) is 11.3 Å². The van der Waals surface area contributed by atoms with E-state index in [1.165, 1.54) is 15.3 Å². The average molecular weight is 319 g/mol. The largest absolute Gasteiger partial charge is 0.326 e. The zero-order chi connectivity index (χ0) is 12.5. The number of hydrogen-bond donors (Lipinski definition) is 1. The number of thiophene rings is 1. The van der Waals surface area contributed by atoms with Gasteiger partial charge in [-0.3, -0.25) is 4.98 Å². The predicted octanol–water partition coefficient (Wildman–Crippen LogP) is 4.18. The Morgan fingerprint density at radius 1 is 1.22 bits per heavy atom. The van der Waals surface area contributed by atoms with E-state index in [9.17, 15) is 0 Å². The number of fused-ring (bicyclic) bond motifs is 1. The fourth-order valence-electron chi connectivity index (χ4n) is 1.97. The molecular formula is C14H11BrN2S. The van der Waals surface area contributed by atoms with Gasteiger partial charge in [0.25, 0.3) is 0 Å². The summed E-state index contributed by atoms with van der Waals surface area (Å²) in [5.74, 6) is 0. The standard InChI is InChI=1S/C14H11BrN2S/c15-10-6-9-2-1-3-12(14(9)17-8-10)13-5-4-11(7-16)18-13/h1-6,8H,7,16H2. The number of nitrogens with zero attached hydrogens (tertiary/aromatic N) is 1. The van der Waals surface area contributed by atoms with E-state index in [4.69, 9.17) is 5.73 Å². The van der Waals surface area contributed by atoms with Crippen molar-refractivity contribution in [3.8, 4) is 10.4 Å². The number of para-hydroxylation sites is 1. The van der Waals surface area contributed by atoms with E-state index < -0.39 is 0 Å². The molecule has 0 atom stereocenters. The lowest BCUT2D eigenvalue weighted by Gasteiger charge is -2.03. The van der Waals surface area contributed by atoms with Gasteiger partial charge >= 0.3 is 0 Å². The predicted molar refractivity (Wildman–Crippen MR) is 80.6 cm³/mol. The van der Waals surface area contributed by atoms with E-state index in [2.05, 4.69) is 57.3 Å². The fraction of sp³-hybridized carbons (Fsp3) is 0.0714. The minimum atomic E-state index is 0.592. The number of halogens is 1. The van der Waals surface area contributed by atoms with Crippen LogP contribution >= 0.6 is 27.3 Å². The van der Waals surface area contributed by atoms with Crippen molar-refractivity contribution in [2.24, 2.45) is 5.73 Å². The zero-order valence-electron chi connectivity index (χ0n) is 9.56. The molecule has 0 saturated carbocycles. The second-order valence-corrected chi connectivity index (χ2v) is 6.08. The Morgan fingerprint density at radius 3 is 2.89 bits per heavy atom. The molecule has 2 aromatic heterocycles. The lowest BCUT2D eigenvalue weighted by atomic mass is 10.1. The van der Waals surface area contributed by atoms with E-state index in [0.717, 1.165) is 15.4 Å². The molecule has 0 saturated heterocycles. The molecule has 3 rings (SSSR count). The number of pyridine rings is 1. The molecule has 0 fully saturated rings. The normalized spacial score (nSPS) is 11.0. The molecule has 0 spiro atoms. The summed E-state index contributed by atoms with van der Waals surface area (Å²) in [6, 6.07) is 12.5. The molecule has 0 aliphatic carbocycles. The fourth-order valence-corrected chi connectivity index (χ4v) is 3.23. The second kappa shape index (κ2) is 4.80. The van der Waals surface area contributed by atoms with Crippen LogP contribution in [0.2, 0.25) is 0 Å². The van der Waals surface area contributed by atoms with Crippen molar-refractivity contribution in [3.05, 3.63) is 51.9 Å². The third-order valence-corrected chi connectivity index (χ3v) is 4.38. The molecule has 18 heavy (non-hydrogen) atoms. The van der Waals surface area contributed by atoms with E-state index in [1.807, 2.05) is 6.20 Å². The van der Waals surface area contributed by atoms with Crippen molar-refractivity contribution in [1.82, 2.24) is 4.98 Å². The molecule has 2 heterocycles. The first-order valence-corrected chi connectivity index (χ1v) is 7.22. The van der Waals surface area contributed by atoms with E-state index in [-0.39, 0.29) is 0 Å². The molecule has 0 radical (unpaired) electrons. The van der Waals surface area contributed by atoms with Crippen molar-refractivity contribution >= 4 is 38.2 Å². The number of hydrogen-bond acceptors (Lipinski definition) is 3. The SMILES string of the molecule is NCc1ccc(-c2cccc3cc(Br)cnc23)s1. The monoisotopic (exact) mass is 318 g/mol. The van der Waals surface area contributed by atoms with Crippen LogP contribution < -0.4 is 5.73 Å². The van der Waals surface area contributed by atoms with Crippen LogP contribution in [0.25, 0.3) is 21.3 Å². The first-order valence-electron chi connectivity index (χ1n) is 5.61. The molecule has 2 N–H and O–H groups in total. The molecule has 0 amide bonds. The quantitative estimate of drug-likeness (QED) is 0.769. The molecule has 2 nitrogen and oxygen atoms in total. The lowest BCUT2D eigenvalue weighted by Crippen LogP contribution is -1.91. The third-order valence-electron chi connectivity index (χ3n) is 2.81. The van der Waals surface area contributed by atoms with Crippen LogP contribution in [0, 0.1) is 0 Å². The second-order valence-electron chi connectivity index (χ2n) is 4.00. The summed E-state index contributed by atoms with van der Waals surface area (Å²) in [6.07, 6.45) is 1.84. The third kappa shape index (κ3) is 2.07. The van der Waals surface area contributed by atoms with Crippen LogP contribution in [-0.2, 0) is 6.54 Å². The van der Waals surface area contributed by atoms with Crippen molar-refractivity contribution in [2.45, 2.75) is 6.54 Å². The van der Waals surface area contributed by atoms with Gasteiger partial charge in [0.15, 0.2) is 0 Å². The molecule has 4 heteroatoms. The average Bonchev–Trinajstić information content (AvgIpc) is 2.86. The minimum Gasteiger partial charge on any atom is -0.326 e. The minimum absolute atomic E-state index is 0.592. The summed E-state index contributed by atoms with van der Waals surface area (Å²) in [6.45, 7) is 0.592. The first-order chi connectivity index (χ1) is 8.78. The molecule has 0 bridgehead atoms. The Hall–Kier alpha value is -1.23. The highest BCUT2D eigenvalue weighted by Gasteiger charge is 2.07. The number of rotatable bonds is 2. The summed E-state index contributed by atoms with van der Waals surface area (Å²) in [4.78, 5) is 6.93. The number of benzene rings is 1. The van der Waals surface area contributed by atoms with Crippen LogP contribution in [0.5, 0.6) is 0 Å². The number of nitrogens with two attached hydrogens (primary N) is 1. The van der Waals surface area contributed by atoms with Gasteiger partial charge in [-0.25, -0.2) is 0 Å². The van der Waals surface area contributed by atoms with Gasteiger partial charge in [0.1, 0.15) is 0 Å². The molecule has 0 aliphatic rings. The van der Waals surface area contributed by atoms with Crippen molar-refractivity contribution < 1.29 is 0 Å². The van der Waals surface area contributed by atoms with Gasteiger partial charge in [0.05, 0.1) is 5.52 Å². The lowest BCUT2D eigenvalue weighted by molar-refractivity contribution is 1.11. The van der Waals surface area contributed by atoms with Gasteiger partial charge in [-0.05, 0) is 34.1 Å². The molecule has 0 aliphatic heterocycles. The molecule has 90 valence electrons. The smallest absolute Gasteiger partial charge is 0.0789 e.